The molecule has 2 atom stereocenters. The maximum Gasteiger partial charge on any atom is 0.274 e. The third-order valence-electron chi connectivity index (χ3n) is 3.35. The van der Waals surface area contributed by atoms with Gasteiger partial charge in [-0.05, 0) is 24.0 Å². The molecule has 2 rings (SSSR count). The SMILES string of the molecule is CC1CN(C(=O)c2nc(N)ccc2Cl)CC1C. The zero-order valence-electron chi connectivity index (χ0n) is 9.98. The Bertz CT molecular complexity index is 439. The lowest BCUT2D eigenvalue weighted by Gasteiger charge is -2.16. The summed E-state index contributed by atoms with van der Waals surface area (Å²) < 4.78 is 0. The summed E-state index contributed by atoms with van der Waals surface area (Å²) in [5.74, 6) is 1.22. The number of nitrogens with zero attached hydrogens (tertiary/aromatic N) is 2. The second-order valence-corrected chi connectivity index (χ2v) is 5.14. The Morgan fingerprint density at radius 3 is 2.59 bits per heavy atom. The summed E-state index contributed by atoms with van der Waals surface area (Å²) in [7, 11) is 0. The van der Waals surface area contributed by atoms with Gasteiger partial charge in [-0.3, -0.25) is 4.79 Å². The molecule has 5 heteroatoms. The van der Waals surface area contributed by atoms with Gasteiger partial charge in [-0.2, -0.15) is 0 Å². The Morgan fingerprint density at radius 2 is 2.00 bits per heavy atom. The molecule has 92 valence electrons. The van der Waals surface area contributed by atoms with Crippen molar-refractivity contribution in [2.75, 3.05) is 18.8 Å². The van der Waals surface area contributed by atoms with Crippen LogP contribution in [0.5, 0.6) is 0 Å². The van der Waals surface area contributed by atoms with Gasteiger partial charge in [-0.15, -0.1) is 0 Å². The van der Waals surface area contributed by atoms with E-state index in [1.54, 1.807) is 17.0 Å². The number of anilines is 1. The van der Waals surface area contributed by atoms with Crippen LogP contribution in [0.4, 0.5) is 5.82 Å². The highest BCUT2D eigenvalue weighted by Gasteiger charge is 2.31. The average Bonchev–Trinajstić information content (AvgIpc) is 2.62. The Labute approximate surface area is 106 Å². The Morgan fingerprint density at radius 1 is 1.41 bits per heavy atom. The maximum absolute atomic E-state index is 12.2. The lowest BCUT2D eigenvalue weighted by molar-refractivity contribution is 0.0779. The highest BCUT2D eigenvalue weighted by molar-refractivity contribution is 6.33. The van der Waals surface area contributed by atoms with Crippen LogP contribution in [0.25, 0.3) is 0 Å². The molecule has 17 heavy (non-hydrogen) atoms. The molecule has 1 aromatic rings. The van der Waals surface area contributed by atoms with Gasteiger partial charge in [0.1, 0.15) is 11.5 Å². The first-order chi connectivity index (χ1) is 7.99. The molecule has 0 aliphatic carbocycles. The number of pyridine rings is 1. The summed E-state index contributed by atoms with van der Waals surface area (Å²) in [6.07, 6.45) is 0. The minimum absolute atomic E-state index is 0.126. The standard InChI is InChI=1S/C12H16ClN3O/c1-7-5-16(6-8(7)2)12(17)11-9(13)3-4-10(14)15-11/h3-4,7-8H,5-6H2,1-2H3,(H2,14,15). The zero-order chi connectivity index (χ0) is 12.6. The number of hydrogen-bond donors (Lipinski definition) is 1. The van der Waals surface area contributed by atoms with Crippen molar-refractivity contribution in [2.24, 2.45) is 11.8 Å². The van der Waals surface area contributed by atoms with E-state index < -0.39 is 0 Å². The molecule has 1 amide bonds. The molecule has 0 spiro atoms. The summed E-state index contributed by atoms with van der Waals surface area (Å²) in [4.78, 5) is 18.1. The van der Waals surface area contributed by atoms with Gasteiger partial charge in [0.25, 0.3) is 5.91 Å². The van der Waals surface area contributed by atoms with Gasteiger partial charge in [-0.1, -0.05) is 25.4 Å². The molecule has 1 saturated heterocycles. The van der Waals surface area contributed by atoms with Crippen LogP contribution in [0.3, 0.4) is 0 Å². The van der Waals surface area contributed by atoms with Crippen molar-refractivity contribution < 1.29 is 4.79 Å². The largest absolute Gasteiger partial charge is 0.384 e. The number of nitrogens with two attached hydrogens (primary N) is 1. The molecule has 0 aromatic carbocycles. The van der Waals surface area contributed by atoms with Gasteiger partial charge < -0.3 is 10.6 Å². The number of carbonyl (C=O) groups excluding carboxylic acids is 1. The van der Waals surface area contributed by atoms with Crippen LogP contribution in [0.15, 0.2) is 12.1 Å². The summed E-state index contributed by atoms with van der Waals surface area (Å²) >= 11 is 5.98. The highest BCUT2D eigenvalue weighted by atomic mass is 35.5. The van der Waals surface area contributed by atoms with E-state index in [1.807, 2.05) is 0 Å². The molecular formula is C12H16ClN3O. The fourth-order valence-corrected chi connectivity index (χ4v) is 2.24. The third kappa shape index (κ3) is 2.36. The first-order valence-electron chi connectivity index (χ1n) is 5.70. The number of aromatic nitrogens is 1. The van der Waals surface area contributed by atoms with Gasteiger partial charge >= 0.3 is 0 Å². The summed E-state index contributed by atoms with van der Waals surface area (Å²) in [5, 5.41) is 0.358. The number of likely N-dealkylation sites (tertiary alicyclic amines) is 1. The maximum atomic E-state index is 12.2. The van der Waals surface area contributed by atoms with Crippen molar-refractivity contribution in [3.8, 4) is 0 Å². The van der Waals surface area contributed by atoms with Gasteiger partial charge in [0.2, 0.25) is 0 Å². The van der Waals surface area contributed by atoms with Gasteiger partial charge in [0.05, 0.1) is 5.02 Å². The first kappa shape index (κ1) is 12.2. The molecule has 1 aliphatic heterocycles. The molecule has 4 nitrogen and oxygen atoms in total. The molecule has 2 N–H and O–H groups in total. The minimum Gasteiger partial charge on any atom is -0.384 e. The van der Waals surface area contributed by atoms with Crippen LogP contribution in [-0.2, 0) is 0 Å². The van der Waals surface area contributed by atoms with E-state index in [2.05, 4.69) is 18.8 Å². The van der Waals surface area contributed by atoms with Crippen molar-refractivity contribution in [1.82, 2.24) is 9.88 Å². The molecule has 0 saturated carbocycles. The fourth-order valence-electron chi connectivity index (χ4n) is 2.05. The molecule has 2 heterocycles. The van der Waals surface area contributed by atoms with Crippen molar-refractivity contribution in [2.45, 2.75) is 13.8 Å². The van der Waals surface area contributed by atoms with Crippen LogP contribution in [0, 0.1) is 11.8 Å². The van der Waals surface area contributed by atoms with Crippen molar-refractivity contribution in [3.05, 3.63) is 22.8 Å². The summed E-state index contributed by atoms with van der Waals surface area (Å²) in [5.41, 5.74) is 5.84. The van der Waals surface area contributed by atoms with E-state index in [0.717, 1.165) is 13.1 Å². The quantitative estimate of drug-likeness (QED) is 0.833. The second kappa shape index (κ2) is 4.53. The first-order valence-corrected chi connectivity index (χ1v) is 6.08. The van der Waals surface area contributed by atoms with Crippen LogP contribution < -0.4 is 5.73 Å². The predicted molar refractivity (Wildman–Crippen MR) is 67.9 cm³/mol. The number of rotatable bonds is 1. The average molecular weight is 254 g/mol. The van der Waals surface area contributed by atoms with Crippen LogP contribution in [-0.4, -0.2) is 28.9 Å². The molecule has 0 bridgehead atoms. The van der Waals surface area contributed by atoms with E-state index in [-0.39, 0.29) is 11.6 Å². The van der Waals surface area contributed by atoms with E-state index >= 15 is 0 Å². The molecule has 2 unspecified atom stereocenters. The van der Waals surface area contributed by atoms with Crippen molar-refractivity contribution >= 4 is 23.3 Å². The van der Waals surface area contributed by atoms with E-state index in [1.165, 1.54) is 0 Å². The molecule has 1 aromatic heterocycles. The zero-order valence-corrected chi connectivity index (χ0v) is 10.7. The summed E-state index contributed by atoms with van der Waals surface area (Å²) in [6, 6.07) is 3.20. The van der Waals surface area contributed by atoms with Crippen LogP contribution in [0.2, 0.25) is 5.02 Å². The smallest absolute Gasteiger partial charge is 0.274 e. The van der Waals surface area contributed by atoms with E-state index in [4.69, 9.17) is 17.3 Å². The Kier molecular flexibility index (Phi) is 3.24. The van der Waals surface area contributed by atoms with Crippen molar-refractivity contribution in [3.63, 3.8) is 0 Å². The fraction of sp³-hybridized carbons (Fsp3) is 0.500. The lowest BCUT2D eigenvalue weighted by Crippen LogP contribution is -2.30. The third-order valence-corrected chi connectivity index (χ3v) is 3.65. The Balaban J connectivity index is 2.23. The number of hydrogen-bond acceptors (Lipinski definition) is 3. The normalized spacial score (nSPS) is 24.1. The predicted octanol–water partition coefficient (Wildman–Crippen LogP) is 2.05. The second-order valence-electron chi connectivity index (χ2n) is 4.73. The van der Waals surface area contributed by atoms with Gasteiger partial charge in [-0.25, -0.2) is 4.98 Å². The monoisotopic (exact) mass is 253 g/mol. The summed E-state index contributed by atoms with van der Waals surface area (Å²) in [6.45, 7) is 5.80. The van der Waals surface area contributed by atoms with E-state index in [9.17, 15) is 4.79 Å². The number of nitrogen functional groups attached to an aromatic ring is 1. The van der Waals surface area contributed by atoms with Crippen LogP contribution in [0.1, 0.15) is 24.3 Å². The lowest BCUT2D eigenvalue weighted by atomic mass is 10.0. The van der Waals surface area contributed by atoms with Crippen LogP contribution >= 0.6 is 11.6 Å². The molecular weight excluding hydrogens is 238 g/mol. The topological polar surface area (TPSA) is 59.2 Å². The van der Waals surface area contributed by atoms with Crippen molar-refractivity contribution in [1.29, 1.82) is 0 Å². The number of amides is 1. The number of halogens is 1. The minimum atomic E-state index is -0.126. The van der Waals surface area contributed by atoms with Gasteiger partial charge in [0, 0.05) is 13.1 Å². The molecule has 0 radical (unpaired) electrons. The molecule has 1 fully saturated rings. The molecule has 1 aliphatic rings. The van der Waals surface area contributed by atoms with Gasteiger partial charge in [0.15, 0.2) is 0 Å². The van der Waals surface area contributed by atoms with E-state index in [0.29, 0.717) is 22.7 Å². The Hall–Kier alpha value is -1.29. The highest BCUT2D eigenvalue weighted by Crippen LogP contribution is 2.25. The number of carbonyl (C=O) groups is 1.